The highest BCUT2D eigenvalue weighted by atomic mass is 32.1. The van der Waals surface area contributed by atoms with E-state index >= 15 is 0 Å². The van der Waals surface area contributed by atoms with Crippen LogP contribution in [-0.2, 0) is 5.41 Å². The molecular formula is C55H36N2S. The van der Waals surface area contributed by atoms with Gasteiger partial charge in [0.15, 0.2) is 0 Å². The molecule has 0 fully saturated rings. The van der Waals surface area contributed by atoms with Crippen molar-refractivity contribution >= 4 is 64.1 Å². The summed E-state index contributed by atoms with van der Waals surface area (Å²) in [6, 6.07) is 63.0. The van der Waals surface area contributed by atoms with Gasteiger partial charge in [-0.1, -0.05) is 147 Å². The molecule has 9 aromatic carbocycles. The molecule has 1 aliphatic rings. The van der Waals surface area contributed by atoms with Crippen LogP contribution in [-0.4, -0.2) is 9.97 Å². The lowest BCUT2D eigenvalue weighted by Gasteiger charge is -2.23. The van der Waals surface area contributed by atoms with E-state index in [2.05, 4.69) is 184 Å². The molecule has 0 spiro atoms. The first-order chi connectivity index (χ1) is 28.5. The van der Waals surface area contributed by atoms with E-state index in [1.807, 2.05) is 11.3 Å². The minimum atomic E-state index is -0.138. The van der Waals surface area contributed by atoms with Crippen molar-refractivity contribution in [2.24, 2.45) is 0 Å². The zero-order valence-electron chi connectivity index (χ0n) is 32.1. The first-order valence-electron chi connectivity index (χ1n) is 20.0. The second-order valence-electron chi connectivity index (χ2n) is 16.1. The predicted octanol–water partition coefficient (Wildman–Crippen LogP) is 15.3. The Kier molecular flexibility index (Phi) is 7.18. The van der Waals surface area contributed by atoms with Crippen LogP contribution in [0.3, 0.4) is 0 Å². The molecule has 0 saturated heterocycles. The first kappa shape index (κ1) is 33.2. The van der Waals surface area contributed by atoms with Gasteiger partial charge >= 0.3 is 0 Å². The summed E-state index contributed by atoms with van der Waals surface area (Å²) in [7, 11) is 0. The average molecular weight is 757 g/mol. The Morgan fingerprint density at radius 1 is 0.362 bits per heavy atom. The molecule has 0 amide bonds. The van der Waals surface area contributed by atoms with E-state index in [-0.39, 0.29) is 5.41 Å². The molecule has 2 aromatic heterocycles. The number of hydrogen-bond donors (Lipinski definition) is 0. The van der Waals surface area contributed by atoms with Crippen LogP contribution in [0.1, 0.15) is 25.0 Å². The van der Waals surface area contributed by atoms with Gasteiger partial charge in [-0.2, -0.15) is 0 Å². The van der Waals surface area contributed by atoms with Gasteiger partial charge in [0.05, 0.1) is 11.0 Å². The van der Waals surface area contributed by atoms with Crippen LogP contribution < -0.4 is 0 Å². The minimum Gasteiger partial charge on any atom is -0.252 e. The number of thiophene rings is 1. The number of fused-ring (bicyclic) bond motifs is 12. The molecule has 0 radical (unpaired) electrons. The lowest BCUT2D eigenvalue weighted by Crippen LogP contribution is -2.15. The fourth-order valence-electron chi connectivity index (χ4n) is 9.63. The zero-order valence-corrected chi connectivity index (χ0v) is 32.9. The topological polar surface area (TPSA) is 25.8 Å². The second-order valence-corrected chi connectivity index (χ2v) is 17.2. The number of aromatic nitrogens is 2. The average Bonchev–Trinajstić information content (AvgIpc) is 3.78. The summed E-state index contributed by atoms with van der Waals surface area (Å²) < 4.78 is 2.70. The lowest BCUT2D eigenvalue weighted by atomic mass is 9.80. The molecule has 2 nitrogen and oxygen atoms in total. The molecule has 0 saturated carbocycles. The summed E-state index contributed by atoms with van der Waals surface area (Å²) in [6.07, 6.45) is 3.57. The highest BCUT2D eigenvalue weighted by Gasteiger charge is 2.36. The molecule has 0 atom stereocenters. The fraction of sp³-hybridized carbons (Fsp3) is 0.0545. The van der Waals surface area contributed by atoms with E-state index in [1.165, 1.54) is 97.7 Å². The number of rotatable bonds is 4. The summed E-state index contributed by atoms with van der Waals surface area (Å²) in [4.78, 5) is 9.47. The standard InChI is InChI=1S/C55H36N2S/c1-55(2)49-31-38(20-23-42(49)43-24-22-39(32-50(43)55)40-17-9-18-47-44-15-5-6-19-51(44)58-54(40)47)36-13-8-11-34(29-36)33-10-7-12-35(28-33)37-21-25-46-48(30-37)41-14-3-4-16-45(41)52-53(46)57-27-26-56-52/h3-32H,1-2H3. The molecule has 2 heterocycles. The van der Waals surface area contributed by atoms with Gasteiger partial charge in [0.1, 0.15) is 0 Å². The van der Waals surface area contributed by atoms with Crippen LogP contribution in [0.4, 0.5) is 0 Å². The Bertz CT molecular complexity index is 3460. The van der Waals surface area contributed by atoms with Crippen molar-refractivity contribution in [3.05, 3.63) is 193 Å². The Morgan fingerprint density at radius 3 is 1.55 bits per heavy atom. The van der Waals surface area contributed by atoms with Gasteiger partial charge in [0.2, 0.25) is 0 Å². The van der Waals surface area contributed by atoms with E-state index in [9.17, 15) is 0 Å². The third kappa shape index (κ3) is 4.97. The molecule has 0 N–H and O–H groups in total. The van der Waals surface area contributed by atoms with Crippen molar-refractivity contribution in [1.82, 2.24) is 9.97 Å². The lowest BCUT2D eigenvalue weighted by molar-refractivity contribution is 0.661. The van der Waals surface area contributed by atoms with Crippen molar-refractivity contribution in [3.8, 4) is 55.6 Å². The third-order valence-corrected chi connectivity index (χ3v) is 13.8. The maximum absolute atomic E-state index is 4.75. The Balaban J connectivity index is 0.892. The molecule has 1 aliphatic carbocycles. The van der Waals surface area contributed by atoms with Crippen LogP contribution in [0, 0.1) is 0 Å². The molecule has 58 heavy (non-hydrogen) atoms. The Morgan fingerprint density at radius 2 is 0.862 bits per heavy atom. The smallest absolute Gasteiger partial charge is 0.0971 e. The second kappa shape index (κ2) is 12.5. The molecule has 272 valence electrons. The van der Waals surface area contributed by atoms with E-state index < -0.39 is 0 Å². The van der Waals surface area contributed by atoms with Gasteiger partial charge in [-0.3, -0.25) is 9.97 Å². The van der Waals surface area contributed by atoms with Gasteiger partial charge in [-0.25, -0.2) is 0 Å². The fourth-order valence-corrected chi connectivity index (χ4v) is 10.9. The summed E-state index contributed by atoms with van der Waals surface area (Å²) in [5.74, 6) is 0. The van der Waals surface area contributed by atoms with E-state index in [0.29, 0.717) is 0 Å². The van der Waals surface area contributed by atoms with Crippen LogP contribution in [0.15, 0.2) is 182 Å². The Hall–Kier alpha value is -6.94. The van der Waals surface area contributed by atoms with Crippen LogP contribution in [0.25, 0.3) is 108 Å². The van der Waals surface area contributed by atoms with E-state index in [4.69, 9.17) is 9.97 Å². The number of nitrogens with zero attached hydrogens (tertiary/aromatic N) is 2. The molecular weight excluding hydrogens is 721 g/mol. The largest absolute Gasteiger partial charge is 0.252 e. The van der Waals surface area contributed by atoms with Gasteiger partial charge in [0, 0.05) is 48.8 Å². The van der Waals surface area contributed by atoms with Gasteiger partial charge in [-0.05, 0) is 114 Å². The van der Waals surface area contributed by atoms with Crippen molar-refractivity contribution in [2.75, 3.05) is 0 Å². The van der Waals surface area contributed by atoms with Crippen molar-refractivity contribution in [3.63, 3.8) is 0 Å². The predicted molar refractivity (Wildman–Crippen MR) is 247 cm³/mol. The summed E-state index contributed by atoms with van der Waals surface area (Å²) >= 11 is 1.90. The normalized spacial score (nSPS) is 13.1. The summed E-state index contributed by atoms with van der Waals surface area (Å²) in [5, 5.41) is 7.32. The number of benzene rings is 9. The van der Waals surface area contributed by atoms with Crippen LogP contribution in [0.2, 0.25) is 0 Å². The van der Waals surface area contributed by atoms with Gasteiger partial charge < -0.3 is 0 Å². The zero-order chi connectivity index (χ0) is 38.5. The van der Waals surface area contributed by atoms with Gasteiger partial charge in [-0.15, -0.1) is 11.3 Å². The van der Waals surface area contributed by atoms with Gasteiger partial charge in [0.25, 0.3) is 0 Å². The molecule has 12 rings (SSSR count). The quantitative estimate of drug-likeness (QED) is 0.167. The van der Waals surface area contributed by atoms with E-state index in [0.717, 1.165) is 21.8 Å². The first-order valence-corrected chi connectivity index (χ1v) is 20.8. The third-order valence-electron chi connectivity index (χ3n) is 12.6. The molecule has 3 heteroatoms. The number of hydrogen-bond acceptors (Lipinski definition) is 3. The molecule has 0 bridgehead atoms. The summed E-state index contributed by atoms with van der Waals surface area (Å²) in [5.41, 5.74) is 17.0. The van der Waals surface area contributed by atoms with Crippen LogP contribution >= 0.6 is 11.3 Å². The molecule has 11 aromatic rings. The van der Waals surface area contributed by atoms with Crippen molar-refractivity contribution in [2.45, 2.75) is 19.3 Å². The SMILES string of the molecule is CC1(C)c2cc(-c3cccc(-c4cccc(-c5ccc6c(c5)c5ccccc5c5nccnc65)c4)c3)ccc2-c2ccc(-c3cccc4c3sc3ccccc34)cc21. The van der Waals surface area contributed by atoms with Crippen LogP contribution in [0.5, 0.6) is 0 Å². The highest BCUT2D eigenvalue weighted by Crippen LogP contribution is 2.51. The summed E-state index contributed by atoms with van der Waals surface area (Å²) in [6.45, 7) is 4.78. The maximum Gasteiger partial charge on any atom is 0.0971 e. The highest BCUT2D eigenvalue weighted by molar-refractivity contribution is 7.26. The minimum absolute atomic E-state index is 0.138. The molecule has 0 unspecified atom stereocenters. The monoisotopic (exact) mass is 756 g/mol. The van der Waals surface area contributed by atoms with E-state index in [1.54, 1.807) is 12.4 Å². The Labute approximate surface area is 340 Å². The van der Waals surface area contributed by atoms with Crippen molar-refractivity contribution in [1.29, 1.82) is 0 Å². The molecule has 0 aliphatic heterocycles. The van der Waals surface area contributed by atoms with Crippen molar-refractivity contribution < 1.29 is 0 Å². The maximum atomic E-state index is 4.75.